The summed E-state index contributed by atoms with van der Waals surface area (Å²) >= 11 is 0. The van der Waals surface area contributed by atoms with E-state index < -0.39 is 6.09 Å². The minimum Gasteiger partial charge on any atom is -0.465 e. The number of nitrogens with zero attached hydrogens (tertiary/aromatic N) is 3. The minimum absolute atomic E-state index is 0.0405. The molecular weight excluding hydrogens is 370 g/mol. The SMILES string of the molecule is Cc1ccnc(CC(=O)Nc2cc(C3CCC(N(C(=O)O)C4(C)CC4)C3)[nH]n2)c1. The molecule has 2 atom stereocenters. The Morgan fingerprint density at radius 3 is 2.83 bits per heavy atom. The van der Waals surface area contributed by atoms with E-state index in [4.69, 9.17) is 0 Å². The Labute approximate surface area is 169 Å². The van der Waals surface area contributed by atoms with Crippen LogP contribution in [0.25, 0.3) is 0 Å². The second-order valence-electron chi connectivity index (χ2n) is 8.57. The molecule has 2 unspecified atom stereocenters. The van der Waals surface area contributed by atoms with Crippen molar-refractivity contribution in [3.05, 3.63) is 41.3 Å². The molecule has 8 heteroatoms. The summed E-state index contributed by atoms with van der Waals surface area (Å²) < 4.78 is 0. The van der Waals surface area contributed by atoms with Crippen LogP contribution < -0.4 is 5.32 Å². The van der Waals surface area contributed by atoms with Crippen molar-refractivity contribution in [2.24, 2.45) is 0 Å². The molecule has 0 saturated heterocycles. The number of aryl methyl sites for hydroxylation is 1. The first-order valence-corrected chi connectivity index (χ1v) is 10.1. The van der Waals surface area contributed by atoms with Crippen LogP contribution in [0.5, 0.6) is 0 Å². The summed E-state index contributed by atoms with van der Waals surface area (Å²) in [5.74, 6) is 0.551. The van der Waals surface area contributed by atoms with Crippen molar-refractivity contribution in [2.75, 3.05) is 5.32 Å². The number of nitrogens with one attached hydrogen (secondary N) is 2. The summed E-state index contributed by atoms with van der Waals surface area (Å²) in [5.41, 5.74) is 2.54. The number of aromatic nitrogens is 3. The number of pyridine rings is 1. The molecule has 0 bridgehead atoms. The van der Waals surface area contributed by atoms with Crippen molar-refractivity contribution in [2.45, 2.75) is 69.9 Å². The van der Waals surface area contributed by atoms with Gasteiger partial charge in [-0.3, -0.25) is 19.8 Å². The summed E-state index contributed by atoms with van der Waals surface area (Å²) in [6.45, 7) is 3.99. The Morgan fingerprint density at radius 1 is 1.34 bits per heavy atom. The van der Waals surface area contributed by atoms with E-state index in [0.29, 0.717) is 5.82 Å². The van der Waals surface area contributed by atoms with Gasteiger partial charge in [-0.15, -0.1) is 0 Å². The van der Waals surface area contributed by atoms with E-state index in [1.807, 2.05) is 32.0 Å². The van der Waals surface area contributed by atoms with Gasteiger partial charge in [-0.2, -0.15) is 5.10 Å². The van der Waals surface area contributed by atoms with Crippen LogP contribution in [0.15, 0.2) is 24.4 Å². The highest BCUT2D eigenvalue weighted by molar-refractivity contribution is 5.91. The van der Waals surface area contributed by atoms with Crippen molar-refractivity contribution < 1.29 is 14.7 Å². The normalized spacial score (nSPS) is 22.3. The van der Waals surface area contributed by atoms with Crippen LogP contribution in [0.4, 0.5) is 10.6 Å². The molecule has 0 radical (unpaired) electrons. The van der Waals surface area contributed by atoms with E-state index >= 15 is 0 Å². The number of carbonyl (C=O) groups excluding carboxylic acids is 1. The molecule has 2 heterocycles. The highest BCUT2D eigenvalue weighted by Crippen LogP contribution is 2.47. The molecule has 0 spiro atoms. The fourth-order valence-electron chi connectivity index (χ4n) is 4.38. The van der Waals surface area contributed by atoms with Crippen LogP contribution in [0.1, 0.15) is 61.9 Å². The highest BCUT2D eigenvalue weighted by atomic mass is 16.4. The van der Waals surface area contributed by atoms with E-state index in [1.165, 1.54) is 0 Å². The van der Waals surface area contributed by atoms with E-state index in [0.717, 1.165) is 49.1 Å². The monoisotopic (exact) mass is 397 g/mol. The molecule has 8 nitrogen and oxygen atoms in total. The van der Waals surface area contributed by atoms with E-state index in [9.17, 15) is 14.7 Å². The number of rotatable bonds is 6. The Kier molecular flexibility index (Phi) is 5.02. The fourth-order valence-corrected chi connectivity index (χ4v) is 4.38. The summed E-state index contributed by atoms with van der Waals surface area (Å²) in [7, 11) is 0. The molecule has 2 aliphatic rings. The second kappa shape index (κ2) is 7.50. The lowest BCUT2D eigenvalue weighted by atomic mass is 10.0. The third-order valence-corrected chi connectivity index (χ3v) is 6.15. The Balaban J connectivity index is 1.35. The Hall–Kier alpha value is -2.90. The smallest absolute Gasteiger partial charge is 0.408 e. The first-order chi connectivity index (χ1) is 13.8. The largest absolute Gasteiger partial charge is 0.465 e. The zero-order valence-corrected chi connectivity index (χ0v) is 16.8. The first-order valence-electron chi connectivity index (χ1n) is 10.1. The van der Waals surface area contributed by atoms with E-state index in [-0.39, 0.29) is 29.8 Å². The number of amides is 2. The third-order valence-electron chi connectivity index (χ3n) is 6.15. The zero-order valence-electron chi connectivity index (χ0n) is 16.8. The zero-order chi connectivity index (χ0) is 20.6. The average Bonchev–Trinajstić information content (AvgIpc) is 3.05. The fraction of sp³-hybridized carbons (Fsp3) is 0.524. The lowest BCUT2D eigenvalue weighted by molar-refractivity contribution is -0.115. The van der Waals surface area contributed by atoms with Gasteiger partial charge in [0.2, 0.25) is 5.91 Å². The predicted molar refractivity (Wildman–Crippen MR) is 108 cm³/mol. The van der Waals surface area contributed by atoms with Gasteiger partial charge < -0.3 is 10.4 Å². The van der Waals surface area contributed by atoms with Crippen LogP contribution >= 0.6 is 0 Å². The molecule has 2 amide bonds. The topological polar surface area (TPSA) is 111 Å². The third kappa shape index (κ3) is 4.26. The molecule has 0 aromatic carbocycles. The second-order valence-corrected chi connectivity index (χ2v) is 8.57. The molecule has 2 aromatic rings. The quantitative estimate of drug-likeness (QED) is 0.691. The molecular formula is C21H27N5O3. The molecule has 0 aliphatic heterocycles. The summed E-state index contributed by atoms with van der Waals surface area (Å²) in [5, 5.41) is 19.7. The maximum atomic E-state index is 12.3. The summed E-state index contributed by atoms with van der Waals surface area (Å²) in [6, 6.07) is 5.69. The molecule has 2 saturated carbocycles. The number of carboxylic acid groups (broad SMARTS) is 1. The number of H-pyrrole nitrogens is 1. The Morgan fingerprint density at radius 2 is 2.14 bits per heavy atom. The minimum atomic E-state index is -0.821. The molecule has 2 aromatic heterocycles. The molecule has 2 fully saturated rings. The Bertz CT molecular complexity index is 921. The number of carbonyl (C=O) groups is 2. The summed E-state index contributed by atoms with van der Waals surface area (Å²) in [4.78, 5) is 29.9. The van der Waals surface area contributed by atoms with E-state index in [2.05, 4.69) is 20.5 Å². The lowest BCUT2D eigenvalue weighted by Gasteiger charge is -2.32. The summed E-state index contributed by atoms with van der Waals surface area (Å²) in [6.07, 6.45) is 5.50. The van der Waals surface area contributed by atoms with Crippen LogP contribution in [0.3, 0.4) is 0 Å². The van der Waals surface area contributed by atoms with Gasteiger partial charge in [0.15, 0.2) is 5.82 Å². The van der Waals surface area contributed by atoms with Crippen molar-refractivity contribution >= 4 is 17.8 Å². The van der Waals surface area contributed by atoms with Crippen molar-refractivity contribution in [3.8, 4) is 0 Å². The average molecular weight is 397 g/mol. The van der Waals surface area contributed by atoms with Crippen LogP contribution in [0.2, 0.25) is 0 Å². The molecule has 4 rings (SSSR count). The molecule has 2 aliphatic carbocycles. The van der Waals surface area contributed by atoms with Crippen molar-refractivity contribution in [3.63, 3.8) is 0 Å². The highest BCUT2D eigenvalue weighted by Gasteiger charge is 2.50. The lowest BCUT2D eigenvalue weighted by Crippen LogP contribution is -2.45. The van der Waals surface area contributed by atoms with Gasteiger partial charge in [0.05, 0.1) is 6.42 Å². The maximum absolute atomic E-state index is 12.3. The number of aromatic amines is 1. The molecule has 154 valence electrons. The van der Waals surface area contributed by atoms with Gasteiger partial charge >= 0.3 is 6.09 Å². The first kappa shape index (κ1) is 19.4. The standard InChI is InChI=1S/C21H27N5O3/c1-13-5-8-22-15(9-13)11-19(27)23-18-12-17(24-25-18)14-3-4-16(10-14)26(20(28)29)21(2)6-7-21/h5,8-9,12,14,16H,3-4,6-7,10-11H2,1-2H3,(H,28,29)(H2,23,24,25,27). The number of hydrogen-bond acceptors (Lipinski definition) is 4. The molecule has 3 N–H and O–H groups in total. The van der Waals surface area contributed by atoms with Gasteiger partial charge in [0, 0.05) is 41.1 Å². The maximum Gasteiger partial charge on any atom is 0.408 e. The van der Waals surface area contributed by atoms with Gasteiger partial charge in [0.25, 0.3) is 0 Å². The number of anilines is 1. The van der Waals surface area contributed by atoms with Crippen LogP contribution in [-0.2, 0) is 11.2 Å². The van der Waals surface area contributed by atoms with Gasteiger partial charge in [-0.05, 0) is 63.6 Å². The molecule has 29 heavy (non-hydrogen) atoms. The van der Waals surface area contributed by atoms with E-state index in [1.54, 1.807) is 11.1 Å². The van der Waals surface area contributed by atoms with Crippen molar-refractivity contribution in [1.29, 1.82) is 0 Å². The van der Waals surface area contributed by atoms with Crippen LogP contribution in [0, 0.1) is 6.92 Å². The van der Waals surface area contributed by atoms with Gasteiger partial charge in [0.1, 0.15) is 0 Å². The van der Waals surface area contributed by atoms with Gasteiger partial charge in [-0.1, -0.05) is 0 Å². The van der Waals surface area contributed by atoms with Crippen molar-refractivity contribution in [1.82, 2.24) is 20.1 Å². The number of hydrogen-bond donors (Lipinski definition) is 3. The predicted octanol–water partition coefficient (Wildman–Crippen LogP) is 3.46. The van der Waals surface area contributed by atoms with Crippen LogP contribution in [-0.4, -0.2) is 48.8 Å². The van der Waals surface area contributed by atoms with Gasteiger partial charge in [-0.25, -0.2) is 4.79 Å².